The molecule has 2 rings (SSSR count). The van der Waals surface area contributed by atoms with Gasteiger partial charge in [-0.15, -0.1) is 0 Å². The highest BCUT2D eigenvalue weighted by Crippen LogP contribution is 2.33. The van der Waals surface area contributed by atoms with Gasteiger partial charge in [0.25, 0.3) is 0 Å². The number of ketones is 1. The third-order valence-corrected chi connectivity index (χ3v) is 3.14. The molecule has 2 bridgehead atoms. The van der Waals surface area contributed by atoms with Crippen molar-refractivity contribution >= 4 is 11.8 Å². The van der Waals surface area contributed by atoms with Crippen molar-refractivity contribution in [2.24, 2.45) is 5.92 Å². The lowest BCUT2D eigenvalue weighted by Gasteiger charge is -2.32. The minimum Gasteiger partial charge on any atom is -0.459 e. The number of hydrogen-bond acceptors (Lipinski definition) is 4. The Morgan fingerprint density at radius 1 is 1.44 bits per heavy atom. The number of hydrogen-bond donors (Lipinski definition) is 0. The predicted molar refractivity (Wildman–Crippen MR) is 58.9 cm³/mol. The summed E-state index contributed by atoms with van der Waals surface area (Å²) in [7, 11) is 0. The molecule has 2 aliphatic rings. The molecule has 2 aliphatic heterocycles. The largest absolute Gasteiger partial charge is 0.459 e. The number of Topliss-reactive ketones (excluding diaryl/α,β-unsaturated/α-hetero) is 1. The summed E-state index contributed by atoms with van der Waals surface area (Å²) < 4.78 is 5.40. The first kappa shape index (κ1) is 11.6. The average Bonchev–Trinajstić information content (AvgIpc) is 2.36. The summed E-state index contributed by atoms with van der Waals surface area (Å²) in [6, 6.07) is -0.183. The van der Waals surface area contributed by atoms with E-state index < -0.39 is 5.60 Å². The lowest BCUT2D eigenvalue weighted by molar-refractivity contribution is -0.163. The number of carbonyl (C=O) groups excluding carboxylic acids is 2. The number of piperidine rings is 1. The summed E-state index contributed by atoms with van der Waals surface area (Å²) in [6.45, 7) is 6.88. The fourth-order valence-electron chi connectivity index (χ4n) is 2.61. The Bertz CT molecular complexity index is 303. The van der Waals surface area contributed by atoms with Gasteiger partial charge < -0.3 is 4.74 Å². The monoisotopic (exact) mass is 225 g/mol. The lowest BCUT2D eigenvalue weighted by atomic mass is 9.91. The van der Waals surface area contributed by atoms with Gasteiger partial charge >= 0.3 is 5.97 Å². The molecule has 0 amide bonds. The summed E-state index contributed by atoms with van der Waals surface area (Å²) in [4.78, 5) is 25.4. The van der Waals surface area contributed by atoms with E-state index in [1.165, 1.54) is 0 Å². The van der Waals surface area contributed by atoms with Crippen LogP contribution in [0.25, 0.3) is 0 Å². The van der Waals surface area contributed by atoms with E-state index in [0.29, 0.717) is 13.0 Å². The van der Waals surface area contributed by atoms with Crippen LogP contribution in [0.3, 0.4) is 0 Å². The fraction of sp³-hybridized carbons (Fsp3) is 0.833. The van der Waals surface area contributed by atoms with Crippen molar-refractivity contribution in [1.29, 1.82) is 0 Å². The van der Waals surface area contributed by atoms with Crippen LogP contribution in [0.1, 0.15) is 33.6 Å². The third kappa shape index (κ3) is 2.26. The molecular weight excluding hydrogens is 206 g/mol. The van der Waals surface area contributed by atoms with E-state index in [9.17, 15) is 9.59 Å². The zero-order valence-electron chi connectivity index (χ0n) is 10.2. The van der Waals surface area contributed by atoms with Crippen LogP contribution in [0.15, 0.2) is 0 Å². The van der Waals surface area contributed by atoms with Gasteiger partial charge in [-0.3, -0.25) is 14.5 Å². The Morgan fingerprint density at radius 2 is 2.12 bits per heavy atom. The third-order valence-electron chi connectivity index (χ3n) is 3.14. The van der Waals surface area contributed by atoms with Crippen molar-refractivity contribution < 1.29 is 14.3 Å². The van der Waals surface area contributed by atoms with Crippen molar-refractivity contribution in [2.45, 2.75) is 45.3 Å². The topological polar surface area (TPSA) is 46.6 Å². The Morgan fingerprint density at radius 3 is 2.69 bits per heavy atom. The normalized spacial score (nSPS) is 33.9. The Labute approximate surface area is 95.9 Å². The number of fused-ring (bicyclic) bond motifs is 2. The van der Waals surface area contributed by atoms with Crippen molar-refractivity contribution in [3.8, 4) is 0 Å². The quantitative estimate of drug-likeness (QED) is 0.624. The van der Waals surface area contributed by atoms with Gasteiger partial charge in [0.05, 0.1) is 6.54 Å². The molecule has 0 aromatic rings. The smallest absolute Gasteiger partial charge is 0.324 e. The SMILES string of the molecule is CC(C)(C)OC(=O)C1C2CCN1CC(=O)C2. The van der Waals surface area contributed by atoms with Gasteiger partial charge in [0.15, 0.2) is 0 Å². The molecule has 0 radical (unpaired) electrons. The maximum atomic E-state index is 12.0. The van der Waals surface area contributed by atoms with Gasteiger partial charge in [-0.2, -0.15) is 0 Å². The van der Waals surface area contributed by atoms with Crippen molar-refractivity contribution in [1.82, 2.24) is 4.90 Å². The number of nitrogens with zero attached hydrogens (tertiary/aromatic N) is 1. The molecule has 4 nitrogen and oxygen atoms in total. The van der Waals surface area contributed by atoms with E-state index in [2.05, 4.69) is 0 Å². The van der Waals surface area contributed by atoms with Crippen LogP contribution in [-0.4, -0.2) is 41.4 Å². The summed E-state index contributed by atoms with van der Waals surface area (Å²) >= 11 is 0. The molecule has 2 heterocycles. The summed E-state index contributed by atoms with van der Waals surface area (Å²) in [5.41, 5.74) is -0.445. The van der Waals surface area contributed by atoms with Crippen LogP contribution in [0.2, 0.25) is 0 Å². The molecular formula is C12H19NO3. The van der Waals surface area contributed by atoms with Crippen LogP contribution in [-0.2, 0) is 14.3 Å². The Balaban J connectivity index is 2.06. The second-order valence-electron chi connectivity index (χ2n) is 5.74. The number of esters is 1. The lowest BCUT2D eigenvalue weighted by Crippen LogP contribution is -2.49. The van der Waals surface area contributed by atoms with E-state index in [0.717, 1.165) is 13.0 Å². The van der Waals surface area contributed by atoms with E-state index in [1.54, 1.807) is 0 Å². The van der Waals surface area contributed by atoms with Crippen LogP contribution in [0.4, 0.5) is 0 Å². The Kier molecular flexibility index (Phi) is 2.78. The fourth-order valence-corrected chi connectivity index (χ4v) is 2.61. The van der Waals surface area contributed by atoms with Gasteiger partial charge in [-0.1, -0.05) is 0 Å². The maximum Gasteiger partial charge on any atom is 0.324 e. The highest BCUT2D eigenvalue weighted by molar-refractivity contribution is 5.86. The van der Waals surface area contributed by atoms with Crippen LogP contribution in [0.5, 0.6) is 0 Å². The number of rotatable bonds is 1. The van der Waals surface area contributed by atoms with E-state index in [4.69, 9.17) is 4.74 Å². The molecule has 2 saturated heterocycles. The zero-order chi connectivity index (χ0) is 11.9. The summed E-state index contributed by atoms with van der Waals surface area (Å²) in [5.74, 6) is 0.265. The molecule has 90 valence electrons. The minimum atomic E-state index is -0.445. The van der Waals surface area contributed by atoms with Gasteiger partial charge in [0, 0.05) is 6.42 Å². The van der Waals surface area contributed by atoms with Gasteiger partial charge in [0.2, 0.25) is 0 Å². The minimum absolute atomic E-state index is 0.164. The summed E-state index contributed by atoms with van der Waals surface area (Å²) in [6.07, 6.45) is 1.48. The van der Waals surface area contributed by atoms with E-state index in [1.807, 2.05) is 25.7 Å². The van der Waals surface area contributed by atoms with Crippen molar-refractivity contribution in [3.63, 3.8) is 0 Å². The molecule has 0 spiro atoms. The standard InChI is InChI=1S/C12H19NO3/c1-12(2,3)16-11(15)10-8-4-5-13(10)7-9(14)6-8/h8,10H,4-7H2,1-3H3. The Hall–Kier alpha value is -0.900. The zero-order valence-corrected chi connectivity index (χ0v) is 10.2. The molecule has 0 aliphatic carbocycles. The first-order valence-corrected chi connectivity index (χ1v) is 5.85. The average molecular weight is 225 g/mol. The predicted octanol–water partition coefficient (Wildman–Crippen LogP) is 0.991. The highest BCUT2D eigenvalue weighted by Gasteiger charge is 2.46. The molecule has 0 saturated carbocycles. The van der Waals surface area contributed by atoms with Crippen LogP contribution < -0.4 is 0 Å². The number of ether oxygens (including phenoxy) is 1. The van der Waals surface area contributed by atoms with Crippen molar-refractivity contribution in [2.75, 3.05) is 13.1 Å². The first-order chi connectivity index (χ1) is 7.37. The van der Waals surface area contributed by atoms with Crippen LogP contribution in [0, 0.1) is 5.92 Å². The van der Waals surface area contributed by atoms with Gasteiger partial charge in [0.1, 0.15) is 17.4 Å². The second kappa shape index (κ2) is 3.84. The van der Waals surface area contributed by atoms with Crippen LogP contribution >= 0.6 is 0 Å². The molecule has 0 N–H and O–H groups in total. The van der Waals surface area contributed by atoms with E-state index >= 15 is 0 Å². The molecule has 4 heteroatoms. The summed E-state index contributed by atoms with van der Waals surface area (Å²) in [5, 5.41) is 0. The van der Waals surface area contributed by atoms with Gasteiger partial charge in [-0.05, 0) is 39.7 Å². The highest BCUT2D eigenvalue weighted by atomic mass is 16.6. The molecule has 3 atom stereocenters. The molecule has 16 heavy (non-hydrogen) atoms. The second-order valence-corrected chi connectivity index (χ2v) is 5.74. The number of carbonyl (C=O) groups is 2. The molecule has 0 aromatic heterocycles. The molecule has 3 unspecified atom stereocenters. The first-order valence-electron chi connectivity index (χ1n) is 5.85. The van der Waals surface area contributed by atoms with E-state index in [-0.39, 0.29) is 23.7 Å². The van der Waals surface area contributed by atoms with Crippen molar-refractivity contribution in [3.05, 3.63) is 0 Å². The van der Waals surface area contributed by atoms with Gasteiger partial charge in [-0.25, -0.2) is 0 Å². The maximum absolute atomic E-state index is 12.0. The molecule has 2 fully saturated rings. The molecule has 0 aromatic carbocycles.